The molecule has 1 aliphatic rings. The highest BCUT2D eigenvalue weighted by molar-refractivity contribution is 7.89. The highest BCUT2D eigenvalue weighted by atomic mass is 32.2. The van der Waals surface area contributed by atoms with E-state index in [1.54, 1.807) is 55.5 Å². The van der Waals surface area contributed by atoms with Crippen LogP contribution >= 0.6 is 12.2 Å². The van der Waals surface area contributed by atoms with Crippen molar-refractivity contribution in [2.24, 2.45) is 0 Å². The van der Waals surface area contributed by atoms with Crippen molar-refractivity contribution in [1.29, 1.82) is 0 Å². The summed E-state index contributed by atoms with van der Waals surface area (Å²) in [6.07, 6.45) is 1.80. The van der Waals surface area contributed by atoms with Crippen LogP contribution in [0.1, 0.15) is 30.1 Å². The summed E-state index contributed by atoms with van der Waals surface area (Å²) in [7, 11) is -3.43. The number of ether oxygens (including phenoxy) is 1. The zero-order valence-corrected chi connectivity index (χ0v) is 17.7. The minimum Gasteiger partial charge on any atom is -0.462 e. The van der Waals surface area contributed by atoms with Crippen LogP contribution in [-0.4, -0.2) is 43.5 Å². The Morgan fingerprint density at radius 2 is 1.52 bits per heavy atom. The molecule has 0 saturated carbocycles. The first-order valence-corrected chi connectivity index (χ1v) is 11.2. The van der Waals surface area contributed by atoms with Gasteiger partial charge in [-0.25, -0.2) is 13.2 Å². The lowest BCUT2D eigenvalue weighted by molar-refractivity contribution is 0.0526. The van der Waals surface area contributed by atoms with E-state index in [9.17, 15) is 13.2 Å². The van der Waals surface area contributed by atoms with Crippen molar-refractivity contribution in [2.45, 2.75) is 24.7 Å². The van der Waals surface area contributed by atoms with E-state index in [1.165, 1.54) is 4.31 Å². The molecule has 0 amide bonds. The van der Waals surface area contributed by atoms with E-state index >= 15 is 0 Å². The van der Waals surface area contributed by atoms with Crippen LogP contribution in [-0.2, 0) is 14.8 Å². The first-order valence-electron chi connectivity index (χ1n) is 9.35. The zero-order chi connectivity index (χ0) is 20.9. The number of benzene rings is 2. The standard InChI is InChI=1S/C20H23N3O4S2/c1-2-27-19(24)15-5-7-16(8-6-15)21-20(28)22-17-9-11-18(12-10-17)29(25,26)23-13-3-4-14-23/h5-12H,2-4,13-14H2,1H3,(H2,21,22,28). The highest BCUT2D eigenvalue weighted by Crippen LogP contribution is 2.22. The summed E-state index contributed by atoms with van der Waals surface area (Å²) in [6.45, 7) is 3.23. The van der Waals surface area contributed by atoms with Gasteiger partial charge in [0.15, 0.2) is 5.11 Å². The number of thiocarbonyl (C=S) groups is 1. The van der Waals surface area contributed by atoms with Gasteiger partial charge in [-0.3, -0.25) is 0 Å². The molecular weight excluding hydrogens is 410 g/mol. The molecule has 2 N–H and O–H groups in total. The van der Waals surface area contributed by atoms with E-state index in [0.717, 1.165) is 12.8 Å². The Bertz CT molecular complexity index is 968. The van der Waals surface area contributed by atoms with Gasteiger partial charge in [0.2, 0.25) is 10.0 Å². The molecule has 0 unspecified atom stereocenters. The summed E-state index contributed by atoms with van der Waals surface area (Å²) < 4.78 is 31.6. The fraction of sp³-hybridized carbons (Fsp3) is 0.300. The summed E-state index contributed by atoms with van der Waals surface area (Å²) in [5.74, 6) is -0.372. The van der Waals surface area contributed by atoms with E-state index in [4.69, 9.17) is 17.0 Å². The van der Waals surface area contributed by atoms with Crippen molar-refractivity contribution in [3.05, 3.63) is 54.1 Å². The zero-order valence-electron chi connectivity index (χ0n) is 16.1. The van der Waals surface area contributed by atoms with Crippen molar-refractivity contribution in [3.8, 4) is 0 Å². The molecule has 0 radical (unpaired) electrons. The third-order valence-corrected chi connectivity index (χ3v) is 6.59. The molecule has 29 heavy (non-hydrogen) atoms. The van der Waals surface area contributed by atoms with Crippen LogP contribution in [0.4, 0.5) is 11.4 Å². The second kappa shape index (κ2) is 9.34. The number of esters is 1. The van der Waals surface area contributed by atoms with Crippen molar-refractivity contribution in [2.75, 3.05) is 30.3 Å². The Kier molecular flexibility index (Phi) is 6.83. The molecule has 1 fully saturated rings. The number of nitrogens with one attached hydrogen (secondary N) is 2. The average molecular weight is 434 g/mol. The maximum atomic E-state index is 12.6. The third-order valence-electron chi connectivity index (χ3n) is 4.47. The van der Waals surface area contributed by atoms with Crippen LogP contribution in [0.25, 0.3) is 0 Å². The molecule has 0 aliphatic carbocycles. The SMILES string of the molecule is CCOC(=O)c1ccc(NC(=S)Nc2ccc(S(=O)(=O)N3CCCC3)cc2)cc1. The Balaban J connectivity index is 1.59. The predicted octanol–water partition coefficient (Wildman–Crippen LogP) is 3.46. The Morgan fingerprint density at radius 3 is 2.03 bits per heavy atom. The van der Waals surface area contributed by atoms with E-state index in [2.05, 4.69) is 10.6 Å². The quantitative estimate of drug-likeness (QED) is 0.533. The van der Waals surface area contributed by atoms with Gasteiger partial charge in [0.1, 0.15) is 0 Å². The van der Waals surface area contributed by atoms with Crippen molar-refractivity contribution in [3.63, 3.8) is 0 Å². The smallest absolute Gasteiger partial charge is 0.338 e. The lowest BCUT2D eigenvalue weighted by Crippen LogP contribution is -2.27. The minimum absolute atomic E-state index is 0.276. The van der Waals surface area contributed by atoms with Gasteiger partial charge in [-0.2, -0.15) is 4.31 Å². The molecule has 2 aromatic carbocycles. The first-order chi connectivity index (χ1) is 13.9. The van der Waals surface area contributed by atoms with Crippen LogP contribution in [0.15, 0.2) is 53.4 Å². The molecule has 9 heteroatoms. The Labute approximate surface area is 176 Å². The highest BCUT2D eigenvalue weighted by Gasteiger charge is 2.26. The van der Waals surface area contributed by atoms with E-state index in [0.29, 0.717) is 41.7 Å². The second-order valence-electron chi connectivity index (χ2n) is 6.51. The van der Waals surface area contributed by atoms with E-state index in [-0.39, 0.29) is 10.9 Å². The molecule has 0 aromatic heterocycles. The number of carbonyl (C=O) groups is 1. The van der Waals surface area contributed by atoms with Crippen molar-refractivity contribution < 1.29 is 17.9 Å². The van der Waals surface area contributed by atoms with Gasteiger partial charge in [-0.1, -0.05) is 0 Å². The van der Waals surface area contributed by atoms with Gasteiger partial charge >= 0.3 is 5.97 Å². The minimum atomic E-state index is -3.43. The Morgan fingerprint density at radius 1 is 1.00 bits per heavy atom. The molecule has 3 rings (SSSR count). The van der Waals surface area contributed by atoms with E-state index in [1.807, 2.05) is 0 Å². The lowest BCUT2D eigenvalue weighted by atomic mass is 10.2. The lowest BCUT2D eigenvalue weighted by Gasteiger charge is -2.16. The fourth-order valence-corrected chi connectivity index (χ4v) is 4.74. The van der Waals surface area contributed by atoms with Crippen LogP contribution < -0.4 is 10.6 Å². The summed E-state index contributed by atoms with van der Waals surface area (Å²) in [5.41, 5.74) is 1.85. The molecule has 2 aromatic rings. The largest absolute Gasteiger partial charge is 0.462 e. The molecule has 0 bridgehead atoms. The first kappa shape index (κ1) is 21.2. The molecule has 1 aliphatic heterocycles. The Hall–Kier alpha value is -2.49. The van der Waals surface area contributed by atoms with Gasteiger partial charge < -0.3 is 15.4 Å². The number of nitrogens with zero attached hydrogens (tertiary/aromatic N) is 1. The molecule has 154 valence electrons. The summed E-state index contributed by atoms with van der Waals surface area (Å²) in [6, 6.07) is 13.3. The van der Waals surface area contributed by atoms with Crippen molar-refractivity contribution >= 4 is 44.7 Å². The number of hydrogen-bond donors (Lipinski definition) is 2. The van der Waals surface area contributed by atoms with Gasteiger partial charge in [0.05, 0.1) is 17.1 Å². The number of hydrogen-bond acceptors (Lipinski definition) is 5. The maximum absolute atomic E-state index is 12.6. The fourth-order valence-electron chi connectivity index (χ4n) is 2.99. The van der Waals surface area contributed by atoms with Gasteiger partial charge in [-0.15, -0.1) is 0 Å². The van der Waals surface area contributed by atoms with Gasteiger partial charge in [-0.05, 0) is 80.5 Å². The molecule has 1 heterocycles. The molecule has 0 spiro atoms. The van der Waals surface area contributed by atoms with E-state index < -0.39 is 10.0 Å². The second-order valence-corrected chi connectivity index (χ2v) is 8.86. The molecular formula is C20H23N3O4S2. The van der Waals surface area contributed by atoms with Crippen LogP contribution in [0.3, 0.4) is 0 Å². The number of carbonyl (C=O) groups excluding carboxylic acids is 1. The third kappa shape index (κ3) is 5.31. The van der Waals surface area contributed by atoms with Crippen LogP contribution in [0.5, 0.6) is 0 Å². The number of rotatable bonds is 6. The summed E-state index contributed by atoms with van der Waals surface area (Å²) in [4.78, 5) is 12.0. The monoisotopic (exact) mass is 433 g/mol. The maximum Gasteiger partial charge on any atom is 0.338 e. The summed E-state index contributed by atoms with van der Waals surface area (Å²) in [5, 5.41) is 6.39. The average Bonchev–Trinajstić information content (AvgIpc) is 3.25. The van der Waals surface area contributed by atoms with Crippen LogP contribution in [0, 0.1) is 0 Å². The van der Waals surface area contributed by atoms with Crippen molar-refractivity contribution in [1.82, 2.24) is 4.31 Å². The van der Waals surface area contributed by atoms with Crippen LogP contribution in [0.2, 0.25) is 0 Å². The molecule has 0 atom stereocenters. The predicted molar refractivity (Wildman–Crippen MR) is 117 cm³/mol. The number of sulfonamides is 1. The molecule has 1 saturated heterocycles. The molecule has 7 nitrogen and oxygen atoms in total. The van der Waals surface area contributed by atoms with Gasteiger partial charge in [0, 0.05) is 24.5 Å². The van der Waals surface area contributed by atoms with Gasteiger partial charge in [0.25, 0.3) is 0 Å². The summed E-state index contributed by atoms with van der Waals surface area (Å²) >= 11 is 5.30. The topological polar surface area (TPSA) is 87.7 Å². The number of anilines is 2. The normalized spacial score (nSPS) is 14.4.